The first-order valence-electron chi connectivity index (χ1n) is 8.34. The molecule has 0 unspecified atom stereocenters. The zero-order chi connectivity index (χ0) is 21.8. The van der Waals surface area contributed by atoms with Gasteiger partial charge in [-0.1, -0.05) is 12.1 Å². The van der Waals surface area contributed by atoms with Crippen LogP contribution >= 0.6 is 0 Å². The Morgan fingerprint density at radius 1 is 1.27 bits per heavy atom. The van der Waals surface area contributed by atoms with Crippen molar-refractivity contribution in [3.05, 3.63) is 62.6 Å². The fourth-order valence-electron chi connectivity index (χ4n) is 2.72. The number of benzene rings is 2. The molecule has 10 nitrogen and oxygen atoms in total. The summed E-state index contributed by atoms with van der Waals surface area (Å²) in [6.45, 7) is -4.27. The largest absolute Gasteiger partial charge is 0.493 e. The molecule has 1 heterocycles. The van der Waals surface area contributed by atoms with E-state index in [0.29, 0.717) is 5.52 Å². The highest BCUT2D eigenvalue weighted by molar-refractivity contribution is 5.76. The van der Waals surface area contributed by atoms with E-state index in [9.17, 15) is 28.5 Å². The van der Waals surface area contributed by atoms with E-state index in [-0.39, 0.29) is 16.9 Å². The third-order valence-electron chi connectivity index (χ3n) is 4.03. The van der Waals surface area contributed by atoms with Crippen LogP contribution in [0.2, 0.25) is 0 Å². The second-order valence-electron chi connectivity index (χ2n) is 5.85. The Morgan fingerprint density at radius 3 is 2.67 bits per heavy atom. The van der Waals surface area contributed by atoms with Gasteiger partial charge in [0.1, 0.15) is 13.2 Å². The number of halogens is 2. The third-order valence-corrected chi connectivity index (χ3v) is 4.03. The molecule has 0 saturated carbocycles. The summed E-state index contributed by atoms with van der Waals surface area (Å²) >= 11 is 0. The number of hydrogen-bond donors (Lipinski definition) is 0. The molecule has 0 radical (unpaired) electrons. The van der Waals surface area contributed by atoms with Crippen molar-refractivity contribution in [3.8, 4) is 11.5 Å². The summed E-state index contributed by atoms with van der Waals surface area (Å²) in [6.07, 6.45) is 0. The maximum Gasteiger partial charge on any atom is 0.420 e. The van der Waals surface area contributed by atoms with E-state index in [1.54, 1.807) is 24.3 Å². The first-order valence-corrected chi connectivity index (χ1v) is 8.34. The molecule has 0 saturated heterocycles. The quantitative estimate of drug-likeness (QED) is 0.307. The van der Waals surface area contributed by atoms with Gasteiger partial charge in [-0.15, -0.1) is 0 Å². The molecule has 0 spiro atoms. The molecule has 0 fully saturated rings. The highest BCUT2D eigenvalue weighted by Gasteiger charge is 2.23. The molecule has 0 aliphatic carbocycles. The zero-order valence-electron chi connectivity index (χ0n) is 15.4. The van der Waals surface area contributed by atoms with Crippen LogP contribution < -0.4 is 15.2 Å². The van der Waals surface area contributed by atoms with Gasteiger partial charge in [-0.3, -0.25) is 19.5 Å². The Hall–Kier alpha value is -3.96. The number of ether oxygens (including phenoxy) is 3. The molecule has 30 heavy (non-hydrogen) atoms. The van der Waals surface area contributed by atoms with Crippen molar-refractivity contribution in [1.29, 1.82) is 0 Å². The maximum atomic E-state index is 12.5. The molecule has 12 heteroatoms. The summed E-state index contributed by atoms with van der Waals surface area (Å²) in [5.41, 5.74) is -0.0627. The van der Waals surface area contributed by atoms with Gasteiger partial charge in [-0.2, -0.15) is 8.78 Å². The van der Waals surface area contributed by atoms with Crippen molar-refractivity contribution in [2.75, 3.05) is 7.11 Å². The van der Waals surface area contributed by atoms with Crippen molar-refractivity contribution in [3.63, 3.8) is 0 Å². The fraction of sp³-hybridized carbons (Fsp3) is 0.222. The summed E-state index contributed by atoms with van der Waals surface area (Å²) in [7, 11) is 1.16. The summed E-state index contributed by atoms with van der Waals surface area (Å²) in [4.78, 5) is 34.5. The number of carbonyl (C=O) groups is 1. The van der Waals surface area contributed by atoms with Gasteiger partial charge >= 0.3 is 18.3 Å². The number of rotatable bonds is 8. The molecule has 0 atom stereocenters. The predicted octanol–water partition coefficient (Wildman–Crippen LogP) is 2.86. The summed E-state index contributed by atoms with van der Waals surface area (Å²) in [5, 5.41) is 11.3. The van der Waals surface area contributed by atoms with Crippen LogP contribution in [-0.2, 0) is 22.7 Å². The number of esters is 1. The number of aromatic nitrogens is 1. The lowest BCUT2D eigenvalue weighted by Gasteiger charge is -2.12. The van der Waals surface area contributed by atoms with E-state index < -0.39 is 47.8 Å². The molecule has 1 aromatic heterocycles. The minimum atomic E-state index is -3.22. The Kier molecular flexibility index (Phi) is 5.95. The minimum Gasteiger partial charge on any atom is -0.493 e. The van der Waals surface area contributed by atoms with Gasteiger partial charge < -0.3 is 18.6 Å². The maximum absolute atomic E-state index is 12.5. The molecule has 2 aromatic carbocycles. The van der Waals surface area contributed by atoms with Gasteiger partial charge in [0.25, 0.3) is 5.69 Å². The molecule has 0 amide bonds. The SMILES string of the molecule is COc1cc(COC(=O)Cn2c(=O)oc3ccccc32)c([N+](=O)[O-])cc1OC(F)F. The molecular weight excluding hydrogens is 410 g/mol. The Morgan fingerprint density at radius 2 is 2.00 bits per heavy atom. The van der Waals surface area contributed by atoms with Crippen LogP contribution in [0.4, 0.5) is 14.5 Å². The van der Waals surface area contributed by atoms with E-state index in [1.807, 2.05) is 0 Å². The van der Waals surface area contributed by atoms with Crippen molar-refractivity contribution in [2.45, 2.75) is 19.8 Å². The lowest BCUT2D eigenvalue weighted by Crippen LogP contribution is -2.21. The van der Waals surface area contributed by atoms with Crippen molar-refractivity contribution in [2.24, 2.45) is 0 Å². The monoisotopic (exact) mass is 424 g/mol. The summed E-state index contributed by atoms with van der Waals surface area (Å²) < 4.78 is 45.2. The number of nitro benzene ring substituents is 1. The molecular formula is C18H14F2N2O8. The van der Waals surface area contributed by atoms with Crippen LogP contribution in [-0.4, -0.2) is 29.2 Å². The predicted molar refractivity (Wildman–Crippen MR) is 96.6 cm³/mol. The number of nitro groups is 1. The number of hydrogen-bond acceptors (Lipinski definition) is 8. The summed E-state index contributed by atoms with van der Waals surface area (Å²) in [6, 6.07) is 8.24. The standard InChI is InChI=1S/C18H14F2N2O8/c1-27-14-6-10(12(22(25)26)7-15(14)29-17(19)20)9-28-16(23)8-21-11-4-2-3-5-13(11)30-18(21)24/h2-7,17H,8-9H2,1H3. The smallest absolute Gasteiger partial charge is 0.420 e. The first kappa shape index (κ1) is 20.8. The van der Waals surface area contributed by atoms with Crippen molar-refractivity contribution < 1.29 is 37.1 Å². The lowest BCUT2D eigenvalue weighted by molar-refractivity contribution is -0.386. The molecule has 0 aliphatic rings. The lowest BCUT2D eigenvalue weighted by atomic mass is 10.1. The average Bonchev–Trinajstić information content (AvgIpc) is 3.01. The van der Waals surface area contributed by atoms with E-state index in [1.165, 1.54) is 0 Å². The fourth-order valence-corrected chi connectivity index (χ4v) is 2.72. The van der Waals surface area contributed by atoms with Crippen LogP contribution in [0, 0.1) is 10.1 Å². The van der Waals surface area contributed by atoms with Gasteiger partial charge in [0, 0.05) is 0 Å². The number of para-hydroxylation sites is 2. The Balaban J connectivity index is 1.80. The van der Waals surface area contributed by atoms with Crippen molar-refractivity contribution in [1.82, 2.24) is 4.57 Å². The normalized spacial score (nSPS) is 10.9. The number of oxazole rings is 1. The summed E-state index contributed by atoms with van der Waals surface area (Å²) in [5.74, 6) is -2.38. The number of methoxy groups -OCH3 is 1. The number of carbonyl (C=O) groups excluding carboxylic acids is 1. The van der Waals surface area contributed by atoms with Crippen LogP contribution in [0.5, 0.6) is 11.5 Å². The Bertz CT molecular complexity index is 1150. The Labute approximate surface area is 166 Å². The first-order chi connectivity index (χ1) is 14.3. The van der Waals surface area contributed by atoms with Gasteiger partial charge in [-0.25, -0.2) is 4.79 Å². The second-order valence-corrected chi connectivity index (χ2v) is 5.85. The highest BCUT2D eigenvalue weighted by atomic mass is 19.3. The van der Waals surface area contributed by atoms with Crippen LogP contribution in [0.25, 0.3) is 11.1 Å². The molecule has 158 valence electrons. The third kappa shape index (κ3) is 4.37. The number of alkyl halides is 2. The molecule has 0 N–H and O–H groups in total. The molecule has 3 rings (SSSR count). The van der Waals surface area contributed by atoms with E-state index in [0.717, 1.165) is 23.8 Å². The van der Waals surface area contributed by atoms with Gasteiger partial charge in [0.15, 0.2) is 17.1 Å². The minimum absolute atomic E-state index is 0.115. The van der Waals surface area contributed by atoms with Crippen LogP contribution in [0.1, 0.15) is 5.56 Å². The number of nitrogens with zero attached hydrogens (tertiary/aromatic N) is 2. The second kappa shape index (κ2) is 8.59. The van der Waals surface area contributed by atoms with Crippen LogP contribution in [0.3, 0.4) is 0 Å². The van der Waals surface area contributed by atoms with E-state index in [2.05, 4.69) is 4.74 Å². The number of fused-ring (bicyclic) bond motifs is 1. The molecule has 0 bridgehead atoms. The van der Waals surface area contributed by atoms with E-state index >= 15 is 0 Å². The van der Waals surface area contributed by atoms with Crippen LogP contribution in [0.15, 0.2) is 45.6 Å². The highest BCUT2D eigenvalue weighted by Crippen LogP contribution is 2.36. The average molecular weight is 424 g/mol. The van der Waals surface area contributed by atoms with E-state index in [4.69, 9.17) is 13.9 Å². The van der Waals surface area contributed by atoms with Crippen molar-refractivity contribution >= 4 is 22.8 Å². The molecule has 0 aliphatic heterocycles. The topological polar surface area (TPSA) is 123 Å². The zero-order valence-corrected chi connectivity index (χ0v) is 15.4. The van der Waals surface area contributed by atoms with Gasteiger partial charge in [0.2, 0.25) is 0 Å². The van der Waals surface area contributed by atoms with Gasteiger partial charge in [-0.05, 0) is 18.2 Å². The van der Waals surface area contributed by atoms with Gasteiger partial charge in [0.05, 0.1) is 29.2 Å². The molecule has 3 aromatic rings.